The van der Waals surface area contributed by atoms with E-state index in [0.717, 1.165) is 26.1 Å². The van der Waals surface area contributed by atoms with E-state index in [2.05, 4.69) is 10.6 Å². The minimum Gasteiger partial charge on any atom is -0.381 e. The van der Waals surface area contributed by atoms with Gasteiger partial charge in [0.2, 0.25) is 0 Å². The monoisotopic (exact) mass is 282 g/mol. The first kappa shape index (κ1) is 14.2. The van der Waals surface area contributed by atoms with Crippen molar-refractivity contribution >= 4 is 23.3 Å². The minimum atomic E-state index is -0.218. The Hall–Kier alpha value is -1.26. The third-order valence-electron chi connectivity index (χ3n) is 3.21. The lowest BCUT2D eigenvalue weighted by Gasteiger charge is -2.21. The van der Waals surface area contributed by atoms with Crippen LogP contribution in [0.4, 0.5) is 10.5 Å². The van der Waals surface area contributed by atoms with Crippen molar-refractivity contribution in [1.82, 2.24) is 5.32 Å². The third kappa shape index (κ3) is 4.73. The molecule has 104 valence electrons. The minimum absolute atomic E-state index is 0.218. The van der Waals surface area contributed by atoms with Gasteiger partial charge in [-0.15, -0.1) is 0 Å². The molecule has 1 heterocycles. The lowest BCUT2D eigenvalue weighted by atomic mass is 9.99. The predicted octanol–water partition coefficient (Wildman–Crippen LogP) is 3.28. The van der Waals surface area contributed by atoms with E-state index in [9.17, 15) is 4.79 Å². The zero-order valence-electron chi connectivity index (χ0n) is 10.8. The van der Waals surface area contributed by atoms with Gasteiger partial charge < -0.3 is 15.4 Å². The van der Waals surface area contributed by atoms with Crippen molar-refractivity contribution in [3.8, 4) is 0 Å². The molecule has 1 atom stereocenters. The van der Waals surface area contributed by atoms with Gasteiger partial charge >= 0.3 is 6.03 Å². The Morgan fingerprint density at radius 2 is 2.26 bits per heavy atom. The lowest BCUT2D eigenvalue weighted by Crippen LogP contribution is -2.31. The van der Waals surface area contributed by atoms with Crippen LogP contribution in [0.15, 0.2) is 24.3 Å². The molecular weight excluding hydrogens is 264 g/mol. The third-order valence-corrected chi connectivity index (χ3v) is 3.54. The van der Waals surface area contributed by atoms with Gasteiger partial charge in [-0.3, -0.25) is 0 Å². The fourth-order valence-electron chi connectivity index (χ4n) is 2.15. The summed E-state index contributed by atoms with van der Waals surface area (Å²) in [5.41, 5.74) is 0.627. The molecule has 0 aromatic heterocycles. The molecule has 1 aliphatic heterocycles. The Bertz CT molecular complexity index is 420. The fraction of sp³-hybridized carbons (Fsp3) is 0.500. The van der Waals surface area contributed by atoms with E-state index < -0.39 is 0 Å². The molecule has 1 saturated heterocycles. The van der Waals surface area contributed by atoms with E-state index in [4.69, 9.17) is 16.3 Å². The van der Waals surface area contributed by atoms with Crippen LogP contribution in [0.2, 0.25) is 5.02 Å². The van der Waals surface area contributed by atoms with Crippen LogP contribution in [0.3, 0.4) is 0 Å². The summed E-state index contributed by atoms with van der Waals surface area (Å²) >= 11 is 5.97. The summed E-state index contributed by atoms with van der Waals surface area (Å²) in [6, 6.07) is 6.97. The highest BCUT2D eigenvalue weighted by Crippen LogP contribution is 2.20. The molecule has 0 saturated carbocycles. The molecule has 1 aliphatic rings. The maximum absolute atomic E-state index is 11.7. The number of urea groups is 1. The van der Waals surface area contributed by atoms with Crippen molar-refractivity contribution in [3.63, 3.8) is 0 Å². The van der Waals surface area contributed by atoms with Gasteiger partial charge in [-0.05, 0) is 37.3 Å². The number of hydrogen-bond acceptors (Lipinski definition) is 2. The summed E-state index contributed by atoms with van der Waals surface area (Å²) in [5, 5.41) is 6.12. The smallest absolute Gasteiger partial charge is 0.319 e. The highest BCUT2D eigenvalue weighted by atomic mass is 35.5. The van der Waals surface area contributed by atoms with Crippen LogP contribution in [-0.2, 0) is 4.74 Å². The van der Waals surface area contributed by atoms with Crippen LogP contribution < -0.4 is 10.6 Å². The summed E-state index contributed by atoms with van der Waals surface area (Å²) in [7, 11) is 0. The second kappa shape index (κ2) is 7.36. The summed E-state index contributed by atoms with van der Waals surface area (Å²) in [4.78, 5) is 11.7. The zero-order chi connectivity index (χ0) is 13.5. The lowest BCUT2D eigenvalue weighted by molar-refractivity contribution is 0.0520. The Morgan fingerprint density at radius 3 is 3.00 bits per heavy atom. The first-order chi connectivity index (χ1) is 9.25. The number of rotatable bonds is 4. The molecular formula is C14H19ClN2O2. The predicted molar refractivity (Wildman–Crippen MR) is 76.6 cm³/mol. The molecule has 2 rings (SSSR count). The molecule has 4 nitrogen and oxygen atoms in total. The Balaban J connectivity index is 1.68. The van der Waals surface area contributed by atoms with Gasteiger partial charge in [0.25, 0.3) is 0 Å². The van der Waals surface area contributed by atoms with Crippen LogP contribution in [0.5, 0.6) is 0 Å². The van der Waals surface area contributed by atoms with Gasteiger partial charge in [-0.1, -0.05) is 23.7 Å². The molecule has 0 aliphatic carbocycles. The molecule has 0 bridgehead atoms. The summed E-state index contributed by atoms with van der Waals surface area (Å²) in [6.45, 7) is 2.34. The maximum atomic E-state index is 11.7. The molecule has 2 amide bonds. The highest BCUT2D eigenvalue weighted by molar-refractivity contribution is 6.33. The summed E-state index contributed by atoms with van der Waals surface area (Å²) in [5.74, 6) is 0.564. The van der Waals surface area contributed by atoms with E-state index in [1.807, 2.05) is 12.1 Å². The average Bonchev–Trinajstić information content (AvgIpc) is 2.43. The quantitative estimate of drug-likeness (QED) is 0.890. The van der Waals surface area contributed by atoms with E-state index in [-0.39, 0.29) is 6.03 Å². The van der Waals surface area contributed by atoms with Crippen molar-refractivity contribution < 1.29 is 9.53 Å². The number of carbonyl (C=O) groups excluding carboxylic acids is 1. The highest BCUT2D eigenvalue weighted by Gasteiger charge is 2.13. The molecule has 1 aromatic rings. The largest absolute Gasteiger partial charge is 0.381 e. The molecule has 19 heavy (non-hydrogen) atoms. The normalized spacial score (nSPS) is 18.9. The molecule has 0 spiro atoms. The molecule has 0 radical (unpaired) electrons. The van der Waals surface area contributed by atoms with Gasteiger partial charge in [-0.2, -0.15) is 0 Å². The number of nitrogens with one attached hydrogen (secondary N) is 2. The van der Waals surface area contributed by atoms with Crippen LogP contribution in [0, 0.1) is 5.92 Å². The van der Waals surface area contributed by atoms with Crippen LogP contribution in [0.25, 0.3) is 0 Å². The Morgan fingerprint density at radius 1 is 1.42 bits per heavy atom. The second-order valence-corrected chi connectivity index (χ2v) is 5.14. The number of carbonyl (C=O) groups is 1. The first-order valence-electron chi connectivity index (χ1n) is 6.63. The standard InChI is InChI=1S/C14H19ClN2O2/c15-12-5-1-2-6-13(12)17-14(18)16-8-7-11-4-3-9-19-10-11/h1-2,5-6,11H,3-4,7-10H2,(H2,16,17,18)/t11-/m0/s1. The van der Waals surface area contributed by atoms with Crippen LogP contribution >= 0.6 is 11.6 Å². The van der Waals surface area contributed by atoms with Crippen molar-refractivity contribution in [2.24, 2.45) is 5.92 Å². The van der Waals surface area contributed by atoms with E-state index >= 15 is 0 Å². The number of hydrogen-bond donors (Lipinski definition) is 2. The fourth-order valence-corrected chi connectivity index (χ4v) is 2.34. The zero-order valence-corrected chi connectivity index (χ0v) is 11.6. The van der Waals surface area contributed by atoms with E-state index in [1.54, 1.807) is 12.1 Å². The Kier molecular flexibility index (Phi) is 5.48. The van der Waals surface area contributed by atoms with E-state index in [0.29, 0.717) is 23.2 Å². The number of ether oxygens (including phenoxy) is 1. The van der Waals surface area contributed by atoms with E-state index in [1.165, 1.54) is 6.42 Å². The van der Waals surface area contributed by atoms with Crippen molar-refractivity contribution in [2.45, 2.75) is 19.3 Å². The van der Waals surface area contributed by atoms with Crippen molar-refractivity contribution in [2.75, 3.05) is 25.1 Å². The first-order valence-corrected chi connectivity index (χ1v) is 7.00. The number of para-hydroxylation sites is 1. The summed E-state index contributed by atoms with van der Waals surface area (Å²) in [6.07, 6.45) is 3.26. The molecule has 5 heteroatoms. The van der Waals surface area contributed by atoms with Crippen molar-refractivity contribution in [3.05, 3.63) is 29.3 Å². The number of benzene rings is 1. The molecule has 2 N–H and O–H groups in total. The van der Waals surface area contributed by atoms with Gasteiger partial charge in [-0.25, -0.2) is 4.79 Å². The summed E-state index contributed by atoms with van der Waals surface area (Å²) < 4.78 is 5.41. The Labute approximate surface area is 118 Å². The number of halogens is 1. The molecule has 0 unspecified atom stereocenters. The number of anilines is 1. The van der Waals surface area contributed by atoms with Crippen molar-refractivity contribution in [1.29, 1.82) is 0 Å². The molecule has 1 fully saturated rings. The van der Waals surface area contributed by atoms with Gasteiger partial charge in [0.05, 0.1) is 10.7 Å². The topological polar surface area (TPSA) is 50.4 Å². The second-order valence-electron chi connectivity index (χ2n) is 4.73. The van der Waals surface area contributed by atoms with Gasteiger partial charge in [0.1, 0.15) is 0 Å². The van der Waals surface area contributed by atoms with Crippen LogP contribution in [-0.4, -0.2) is 25.8 Å². The maximum Gasteiger partial charge on any atom is 0.319 e. The van der Waals surface area contributed by atoms with Crippen LogP contribution in [0.1, 0.15) is 19.3 Å². The SMILES string of the molecule is O=C(NCC[C@@H]1CCCOC1)Nc1ccccc1Cl. The van der Waals surface area contributed by atoms with Gasteiger partial charge in [0, 0.05) is 19.8 Å². The van der Waals surface area contributed by atoms with Gasteiger partial charge in [0.15, 0.2) is 0 Å². The average molecular weight is 283 g/mol. The number of amides is 2. The molecule has 1 aromatic carbocycles.